The summed E-state index contributed by atoms with van der Waals surface area (Å²) in [7, 11) is 0. The summed E-state index contributed by atoms with van der Waals surface area (Å²) in [6, 6.07) is 19.0. The molecule has 0 atom stereocenters. The van der Waals surface area contributed by atoms with Crippen molar-refractivity contribution in [1.29, 1.82) is 0 Å². The van der Waals surface area contributed by atoms with Gasteiger partial charge in [0.1, 0.15) is 11.3 Å². The number of anilines is 2. The molecule has 1 fully saturated rings. The second kappa shape index (κ2) is 10.3. The van der Waals surface area contributed by atoms with Crippen LogP contribution in [0.25, 0.3) is 6.08 Å². The van der Waals surface area contributed by atoms with Crippen LogP contribution in [-0.4, -0.2) is 35.3 Å². The maximum Gasteiger partial charge on any atom is 0.335 e. The Morgan fingerprint density at radius 3 is 2.42 bits per heavy atom. The molecule has 0 saturated carbocycles. The lowest BCUT2D eigenvalue weighted by molar-refractivity contribution is -0.384. The largest absolute Gasteiger partial charge is 0.484 e. The molecule has 5 amide bonds. The Hall–Kier alpha value is -5.32. The quantitative estimate of drug-likeness (QED) is 0.225. The van der Waals surface area contributed by atoms with Crippen LogP contribution >= 0.6 is 0 Å². The lowest BCUT2D eigenvalue weighted by Crippen LogP contribution is -2.54. The Labute approximate surface area is 204 Å². The molecule has 3 aromatic carbocycles. The van der Waals surface area contributed by atoms with Gasteiger partial charge in [0.15, 0.2) is 6.61 Å². The minimum Gasteiger partial charge on any atom is -0.484 e. The van der Waals surface area contributed by atoms with Crippen LogP contribution in [0, 0.1) is 10.1 Å². The third-order valence-corrected chi connectivity index (χ3v) is 5.02. The minimum absolute atomic E-state index is 0.0583. The summed E-state index contributed by atoms with van der Waals surface area (Å²) in [6.45, 7) is -0.267. The lowest BCUT2D eigenvalue weighted by atomic mass is 10.1. The Balaban J connectivity index is 1.49. The number of nitrogens with zero attached hydrogens (tertiary/aromatic N) is 2. The summed E-state index contributed by atoms with van der Waals surface area (Å²) in [6.07, 6.45) is 1.28. The number of amides is 5. The Kier molecular flexibility index (Phi) is 6.82. The third kappa shape index (κ3) is 5.42. The summed E-state index contributed by atoms with van der Waals surface area (Å²) >= 11 is 0. The molecular weight excluding hydrogens is 468 g/mol. The molecule has 0 unspecified atom stereocenters. The van der Waals surface area contributed by atoms with Gasteiger partial charge in [-0.3, -0.25) is 29.8 Å². The maximum atomic E-state index is 13.0. The topological polar surface area (TPSA) is 148 Å². The Morgan fingerprint density at radius 2 is 1.72 bits per heavy atom. The molecular formula is C25H18N4O7. The van der Waals surface area contributed by atoms with E-state index < -0.39 is 22.8 Å². The first-order valence-corrected chi connectivity index (χ1v) is 10.6. The third-order valence-electron chi connectivity index (χ3n) is 5.02. The molecule has 4 rings (SSSR count). The highest BCUT2D eigenvalue weighted by atomic mass is 16.6. The summed E-state index contributed by atoms with van der Waals surface area (Å²) in [5, 5.41) is 15.6. The zero-order chi connectivity index (χ0) is 25.7. The molecule has 0 radical (unpaired) electrons. The average Bonchev–Trinajstić information content (AvgIpc) is 2.86. The van der Waals surface area contributed by atoms with Crippen LogP contribution < -0.4 is 20.3 Å². The molecule has 0 aromatic heterocycles. The van der Waals surface area contributed by atoms with E-state index in [0.29, 0.717) is 21.9 Å². The van der Waals surface area contributed by atoms with Gasteiger partial charge in [-0.15, -0.1) is 0 Å². The van der Waals surface area contributed by atoms with Crippen LogP contribution in [0.1, 0.15) is 5.56 Å². The number of carbonyl (C=O) groups excluding carboxylic acids is 4. The highest BCUT2D eigenvalue weighted by molar-refractivity contribution is 6.39. The van der Waals surface area contributed by atoms with Gasteiger partial charge in [-0.25, -0.2) is 9.69 Å². The van der Waals surface area contributed by atoms with Crippen molar-refractivity contribution in [2.75, 3.05) is 16.8 Å². The number of barbiturate groups is 1. The number of urea groups is 1. The van der Waals surface area contributed by atoms with Crippen molar-refractivity contribution < 1.29 is 28.8 Å². The first-order valence-electron chi connectivity index (χ1n) is 10.6. The molecule has 36 heavy (non-hydrogen) atoms. The Morgan fingerprint density at radius 1 is 1.00 bits per heavy atom. The van der Waals surface area contributed by atoms with Gasteiger partial charge in [0.05, 0.1) is 10.6 Å². The number of nitrogens with one attached hydrogen (secondary N) is 2. The van der Waals surface area contributed by atoms with E-state index in [1.165, 1.54) is 24.3 Å². The molecule has 1 aliphatic rings. The summed E-state index contributed by atoms with van der Waals surface area (Å²) in [5.41, 5.74) is 0.547. The van der Waals surface area contributed by atoms with E-state index in [0.717, 1.165) is 12.1 Å². The van der Waals surface area contributed by atoms with Gasteiger partial charge in [0, 0.05) is 17.8 Å². The van der Waals surface area contributed by atoms with Crippen molar-refractivity contribution >= 4 is 46.9 Å². The molecule has 11 nitrogen and oxygen atoms in total. The molecule has 1 aliphatic heterocycles. The number of rotatable bonds is 7. The second-order valence-corrected chi connectivity index (χ2v) is 7.51. The standard InChI is InChI=1S/C25H18N4O7/c30-22(26-17-6-2-1-3-7-17)15-36-20-8-4-5-16(13-20)14-21-23(31)27-25(33)28(24(21)32)18-9-11-19(12-10-18)29(34)35/h1-14H,15H2,(H,26,30)(H,27,31,33)/b21-14-. The van der Waals surface area contributed by atoms with Crippen LogP contribution in [0.2, 0.25) is 0 Å². The fraction of sp³-hybridized carbons (Fsp3) is 0.0400. The van der Waals surface area contributed by atoms with Gasteiger partial charge < -0.3 is 10.1 Å². The number of imide groups is 2. The van der Waals surface area contributed by atoms with Crippen molar-refractivity contribution in [1.82, 2.24) is 5.32 Å². The summed E-state index contributed by atoms with van der Waals surface area (Å²) < 4.78 is 5.52. The number of hydrogen-bond acceptors (Lipinski definition) is 7. The number of ether oxygens (including phenoxy) is 1. The first-order chi connectivity index (χ1) is 17.3. The number of hydrogen-bond donors (Lipinski definition) is 2. The van der Waals surface area contributed by atoms with Crippen molar-refractivity contribution in [3.8, 4) is 5.75 Å². The van der Waals surface area contributed by atoms with Gasteiger partial charge in [0.2, 0.25) is 0 Å². The van der Waals surface area contributed by atoms with E-state index in [1.807, 2.05) is 6.07 Å². The van der Waals surface area contributed by atoms with Crippen LogP contribution in [0.3, 0.4) is 0 Å². The van der Waals surface area contributed by atoms with Gasteiger partial charge >= 0.3 is 6.03 Å². The number of carbonyl (C=O) groups is 4. The van der Waals surface area contributed by atoms with Crippen LogP contribution in [0.15, 0.2) is 84.4 Å². The van der Waals surface area contributed by atoms with E-state index >= 15 is 0 Å². The predicted octanol–water partition coefficient (Wildman–Crippen LogP) is 3.28. The van der Waals surface area contributed by atoms with E-state index in [1.54, 1.807) is 42.5 Å². The molecule has 180 valence electrons. The van der Waals surface area contributed by atoms with Gasteiger partial charge in [-0.1, -0.05) is 30.3 Å². The zero-order valence-electron chi connectivity index (χ0n) is 18.5. The van der Waals surface area contributed by atoms with Crippen molar-refractivity contribution in [3.05, 3.63) is 100 Å². The number of nitro benzene ring substituents is 1. The van der Waals surface area contributed by atoms with E-state index in [2.05, 4.69) is 10.6 Å². The number of benzene rings is 3. The minimum atomic E-state index is -0.975. The van der Waals surface area contributed by atoms with E-state index in [-0.39, 0.29) is 29.5 Å². The van der Waals surface area contributed by atoms with Gasteiger partial charge in [0.25, 0.3) is 23.4 Å². The van der Waals surface area contributed by atoms with Crippen LogP contribution in [0.5, 0.6) is 5.75 Å². The van der Waals surface area contributed by atoms with E-state index in [4.69, 9.17) is 4.74 Å². The number of para-hydroxylation sites is 1. The number of non-ortho nitro benzene ring substituents is 1. The second-order valence-electron chi connectivity index (χ2n) is 7.51. The average molecular weight is 486 g/mol. The van der Waals surface area contributed by atoms with E-state index in [9.17, 15) is 29.3 Å². The predicted molar refractivity (Wildman–Crippen MR) is 129 cm³/mol. The zero-order valence-corrected chi connectivity index (χ0v) is 18.5. The first kappa shape index (κ1) is 23.8. The Bertz CT molecular complexity index is 1390. The maximum absolute atomic E-state index is 13.0. The van der Waals surface area contributed by atoms with Crippen molar-refractivity contribution in [3.63, 3.8) is 0 Å². The summed E-state index contributed by atoms with van der Waals surface area (Å²) in [4.78, 5) is 60.8. The fourth-order valence-electron chi connectivity index (χ4n) is 3.34. The van der Waals surface area contributed by atoms with Crippen LogP contribution in [0.4, 0.5) is 21.9 Å². The SMILES string of the molecule is O=C(COc1cccc(/C=C2/C(=O)NC(=O)N(c3ccc([N+](=O)[O-])cc3)C2=O)c1)Nc1ccccc1. The highest BCUT2D eigenvalue weighted by Gasteiger charge is 2.37. The molecule has 3 aromatic rings. The molecule has 1 saturated heterocycles. The molecule has 0 aliphatic carbocycles. The van der Waals surface area contributed by atoms with Crippen molar-refractivity contribution in [2.45, 2.75) is 0 Å². The number of nitro groups is 1. The smallest absolute Gasteiger partial charge is 0.335 e. The van der Waals surface area contributed by atoms with Gasteiger partial charge in [-0.2, -0.15) is 0 Å². The normalized spacial score (nSPS) is 14.4. The van der Waals surface area contributed by atoms with Crippen LogP contribution in [-0.2, 0) is 14.4 Å². The molecule has 0 bridgehead atoms. The molecule has 11 heteroatoms. The lowest BCUT2D eigenvalue weighted by Gasteiger charge is -2.26. The molecule has 0 spiro atoms. The monoisotopic (exact) mass is 486 g/mol. The molecule has 2 N–H and O–H groups in total. The highest BCUT2D eigenvalue weighted by Crippen LogP contribution is 2.25. The summed E-state index contributed by atoms with van der Waals surface area (Å²) in [5.74, 6) is -1.84. The fourth-order valence-corrected chi connectivity index (χ4v) is 3.34. The van der Waals surface area contributed by atoms with Crippen molar-refractivity contribution in [2.24, 2.45) is 0 Å². The van der Waals surface area contributed by atoms with Gasteiger partial charge in [-0.05, 0) is 48.0 Å². The molecule has 1 heterocycles.